The Bertz CT molecular complexity index is 653. The van der Waals surface area contributed by atoms with E-state index in [0.29, 0.717) is 25.3 Å². The van der Waals surface area contributed by atoms with Gasteiger partial charge in [0.05, 0.1) is 5.41 Å². The summed E-state index contributed by atoms with van der Waals surface area (Å²) in [6, 6.07) is -0.147. The molecule has 4 fully saturated rings. The molecule has 3 aliphatic carbocycles. The van der Waals surface area contributed by atoms with Gasteiger partial charge in [0.25, 0.3) is 0 Å². The zero-order valence-electron chi connectivity index (χ0n) is 18.0. The first-order chi connectivity index (χ1) is 14.5. The maximum absolute atomic E-state index is 13.8. The smallest absolute Gasteiger partial charge is 0.244 e. The van der Waals surface area contributed by atoms with E-state index in [-0.39, 0.29) is 30.2 Å². The summed E-state index contributed by atoms with van der Waals surface area (Å²) in [6.45, 7) is 0.531. The first-order valence-electron chi connectivity index (χ1n) is 12.1. The zero-order chi connectivity index (χ0) is 21.1. The van der Waals surface area contributed by atoms with Crippen molar-refractivity contribution in [1.29, 1.82) is 0 Å². The Morgan fingerprint density at radius 2 is 1.70 bits per heavy atom. The van der Waals surface area contributed by atoms with E-state index < -0.39 is 17.4 Å². The summed E-state index contributed by atoms with van der Waals surface area (Å²) < 4.78 is 0. The summed E-state index contributed by atoms with van der Waals surface area (Å²) in [5, 5.41) is 12.3. The number of likely N-dealkylation sites (tertiary alicyclic amines) is 1. The lowest BCUT2D eigenvalue weighted by atomic mass is 9.74. The van der Waals surface area contributed by atoms with Gasteiger partial charge in [-0.15, -0.1) is 0 Å². The third-order valence-corrected chi connectivity index (χ3v) is 7.95. The molecule has 0 aromatic heterocycles. The molecule has 0 unspecified atom stereocenters. The first kappa shape index (κ1) is 21.6. The molecule has 168 valence electrons. The summed E-state index contributed by atoms with van der Waals surface area (Å²) in [5.41, 5.74) is 0.955. The van der Waals surface area contributed by atoms with Crippen LogP contribution in [0.1, 0.15) is 89.9 Å². The third kappa shape index (κ3) is 4.66. The number of hydrogen-bond acceptors (Lipinski definition) is 4. The lowest BCUT2D eigenvalue weighted by Gasteiger charge is -2.37. The molecule has 3 amide bonds. The molecule has 4 aliphatic rings. The molecule has 3 N–H and O–H groups in total. The average molecular weight is 420 g/mol. The van der Waals surface area contributed by atoms with Crippen LogP contribution in [0.25, 0.3) is 0 Å². The highest BCUT2D eigenvalue weighted by Gasteiger charge is 2.53. The minimum Gasteiger partial charge on any atom is -0.352 e. The minimum atomic E-state index is -0.783. The second-order valence-corrected chi connectivity index (χ2v) is 10.2. The quantitative estimate of drug-likeness (QED) is 0.416. The van der Waals surface area contributed by atoms with Gasteiger partial charge in [-0.05, 0) is 50.4 Å². The van der Waals surface area contributed by atoms with Crippen molar-refractivity contribution in [3.05, 3.63) is 0 Å². The Hall–Kier alpha value is -1.63. The molecule has 0 bridgehead atoms. The summed E-state index contributed by atoms with van der Waals surface area (Å²) in [4.78, 5) is 41.0. The third-order valence-electron chi connectivity index (χ3n) is 7.95. The van der Waals surface area contributed by atoms with Crippen LogP contribution in [0.2, 0.25) is 0 Å². The number of carbonyl (C=O) groups excluding carboxylic acids is 3. The van der Waals surface area contributed by atoms with Gasteiger partial charge >= 0.3 is 0 Å². The van der Waals surface area contributed by atoms with Crippen LogP contribution in [0.3, 0.4) is 0 Å². The normalized spacial score (nSPS) is 29.2. The summed E-state index contributed by atoms with van der Waals surface area (Å²) in [6.07, 6.45) is 13.3. The lowest BCUT2D eigenvalue weighted by Crippen LogP contribution is -2.54. The van der Waals surface area contributed by atoms with E-state index >= 15 is 0 Å². The molecule has 1 saturated heterocycles. The van der Waals surface area contributed by atoms with Gasteiger partial charge in [0.15, 0.2) is 0 Å². The number of nitrogens with one attached hydrogen (secondary N) is 2. The SMILES string of the molecule is O=C(C[C@]1(CC2CCCC2)CCN([C@@H](C(=O)NC2CC2)C2CCCCC2)C1=O)NO. The molecule has 4 rings (SSSR count). The van der Waals surface area contributed by atoms with Gasteiger partial charge < -0.3 is 10.2 Å². The van der Waals surface area contributed by atoms with Gasteiger partial charge in [0.1, 0.15) is 6.04 Å². The Balaban J connectivity index is 1.56. The molecule has 0 aromatic carbocycles. The molecule has 7 nitrogen and oxygen atoms in total. The fourth-order valence-electron chi connectivity index (χ4n) is 6.23. The molecule has 1 heterocycles. The van der Waals surface area contributed by atoms with Crippen LogP contribution in [0, 0.1) is 17.3 Å². The van der Waals surface area contributed by atoms with Gasteiger partial charge in [-0.25, -0.2) is 5.48 Å². The Morgan fingerprint density at radius 3 is 2.33 bits per heavy atom. The molecule has 0 radical (unpaired) electrons. The van der Waals surface area contributed by atoms with Gasteiger partial charge in [0.2, 0.25) is 17.7 Å². The van der Waals surface area contributed by atoms with Gasteiger partial charge in [-0.1, -0.05) is 44.9 Å². The predicted molar refractivity (Wildman–Crippen MR) is 111 cm³/mol. The molecular weight excluding hydrogens is 382 g/mol. The molecule has 2 atom stereocenters. The fraction of sp³-hybridized carbons (Fsp3) is 0.870. The van der Waals surface area contributed by atoms with E-state index in [9.17, 15) is 14.4 Å². The van der Waals surface area contributed by atoms with E-state index in [2.05, 4.69) is 5.32 Å². The number of nitrogens with zero attached hydrogens (tertiary/aromatic N) is 1. The fourth-order valence-corrected chi connectivity index (χ4v) is 6.23. The summed E-state index contributed by atoms with van der Waals surface area (Å²) in [5.74, 6) is 0.115. The minimum absolute atomic E-state index is 0.000950. The highest BCUT2D eigenvalue weighted by molar-refractivity contribution is 5.94. The van der Waals surface area contributed by atoms with Gasteiger partial charge in [0, 0.05) is 19.0 Å². The van der Waals surface area contributed by atoms with Crippen LogP contribution in [0.15, 0.2) is 0 Å². The maximum Gasteiger partial charge on any atom is 0.244 e. The zero-order valence-corrected chi connectivity index (χ0v) is 18.0. The molecule has 0 spiro atoms. The van der Waals surface area contributed by atoms with Gasteiger partial charge in [-0.3, -0.25) is 19.6 Å². The molecule has 0 aromatic rings. The van der Waals surface area contributed by atoms with Crippen molar-refractivity contribution in [2.45, 2.75) is 102 Å². The van der Waals surface area contributed by atoms with Crippen LogP contribution in [-0.4, -0.2) is 46.5 Å². The van der Waals surface area contributed by atoms with E-state index in [4.69, 9.17) is 5.21 Å². The Labute approximate surface area is 179 Å². The van der Waals surface area contributed by atoms with Crippen molar-refractivity contribution >= 4 is 17.7 Å². The highest BCUT2D eigenvalue weighted by Crippen LogP contribution is 2.46. The summed E-state index contributed by atoms with van der Waals surface area (Å²) in [7, 11) is 0. The highest BCUT2D eigenvalue weighted by atomic mass is 16.5. The lowest BCUT2D eigenvalue weighted by molar-refractivity contribution is -0.148. The monoisotopic (exact) mass is 419 g/mol. The van der Waals surface area contributed by atoms with Crippen molar-refractivity contribution in [2.24, 2.45) is 17.3 Å². The average Bonchev–Trinajstić information content (AvgIpc) is 3.32. The number of carbonyl (C=O) groups is 3. The van der Waals surface area contributed by atoms with Gasteiger partial charge in [-0.2, -0.15) is 0 Å². The van der Waals surface area contributed by atoms with Crippen molar-refractivity contribution in [3.8, 4) is 0 Å². The van der Waals surface area contributed by atoms with Crippen LogP contribution in [0.4, 0.5) is 0 Å². The number of hydrogen-bond donors (Lipinski definition) is 3. The van der Waals surface area contributed by atoms with Crippen molar-refractivity contribution in [2.75, 3.05) is 6.54 Å². The van der Waals surface area contributed by atoms with E-state index in [0.717, 1.165) is 51.4 Å². The Morgan fingerprint density at radius 1 is 1.03 bits per heavy atom. The second-order valence-electron chi connectivity index (χ2n) is 10.2. The van der Waals surface area contributed by atoms with Crippen LogP contribution < -0.4 is 10.8 Å². The number of amides is 3. The van der Waals surface area contributed by atoms with Crippen LogP contribution >= 0.6 is 0 Å². The summed E-state index contributed by atoms with van der Waals surface area (Å²) >= 11 is 0. The standard InChI is InChI=1S/C23H37N3O4/c27-19(25-30)15-23(14-16-6-4-5-7-16)12-13-26(22(23)29)20(17-8-2-1-3-9-17)21(28)24-18-10-11-18/h16-18,20,30H,1-15H2,(H,24,28)(H,25,27)/t20-,23-/m1/s1. The molecule has 1 aliphatic heterocycles. The van der Waals surface area contributed by atoms with Crippen LogP contribution in [0.5, 0.6) is 0 Å². The largest absolute Gasteiger partial charge is 0.352 e. The first-order valence-corrected chi connectivity index (χ1v) is 12.1. The number of rotatable bonds is 8. The van der Waals surface area contributed by atoms with Crippen molar-refractivity contribution in [3.63, 3.8) is 0 Å². The second kappa shape index (κ2) is 9.25. The number of hydroxylamine groups is 1. The molecular formula is C23H37N3O4. The van der Waals surface area contributed by atoms with E-state index in [1.165, 1.54) is 19.3 Å². The molecule has 3 saturated carbocycles. The molecule has 30 heavy (non-hydrogen) atoms. The van der Waals surface area contributed by atoms with Crippen molar-refractivity contribution < 1.29 is 19.6 Å². The van der Waals surface area contributed by atoms with Crippen molar-refractivity contribution in [1.82, 2.24) is 15.7 Å². The maximum atomic E-state index is 13.8. The Kier molecular flexibility index (Phi) is 6.66. The topological polar surface area (TPSA) is 98.7 Å². The van der Waals surface area contributed by atoms with Crippen LogP contribution in [-0.2, 0) is 14.4 Å². The predicted octanol–water partition coefficient (Wildman–Crippen LogP) is 2.91. The van der Waals surface area contributed by atoms with E-state index in [1.54, 1.807) is 5.48 Å². The molecule has 7 heteroatoms. The van der Waals surface area contributed by atoms with E-state index in [1.807, 2.05) is 4.90 Å².